The van der Waals surface area contributed by atoms with Gasteiger partial charge in [-0.1, -0.05) is 72.1 Å². The van der Waals surface area contributed by atoms with Gasteiger partial charge in [0.05, 0.1) is 61.4 Å². The van der Waals surface area contributed by atoms with Crippen LogP contribution >= 0.6 is 0 Å². The maximum absolute atomic E-state index is 14.5. The number of methoxy groups -OCH3 is 2. The first kappa shape index (κ1) is 73.6. The maximum Gasteiger partial charge on any atom is 0.312 e. The smallest absolute Gasteiger partial charge is 0.312 e. The zero-order valence-electron chi connectivity index (χ0n) is 53.0. The lowest BCUT2D eigenvalue weighted by Crippen LogP contribution is -2.59. The molecule has 1 aromatic carbocycles. The predicted octanol–water partition coefficient (Wildman–Crippen LogP) is 3.56. The van der Waals surface area contributed by atoms with Crippen LogP contribution in [0, 0.1) is 29.6 Å². The van der Waals surface area contributed by atoms with Crippen molar-refractivity contribution < 1.29 is 62.5 Å². The van der Waals surface area contributed by atoms with Crippen LogP contribution in [0.25, 0.3) is 10.4 Å². The Morgan fingerprint density at radius 1 is 0.837 bits per heavy atom. The lowest BCUT2D eigenvalue weighted by atomic mass is 9.89. The molecule has 0 saturated carbocycles. The van der Waals surface area contributed by atoms with Crippen molar-refractivity contribution in [1.29, 1.82) is 0 Å². The highest BCUT2D eigenvalue weighted by molar-refractivity contribution is 5.95. The number of azide groups is 1. The van der Waals surface area contributed by atoms with Gasteiger partial charge in [0, 0.05) is 83.5 Å². The second kappa shape index (κ2) is 37.1. The molecule has 11 atom stereocenters. The Bertz CT molecular complexity index is 2410. The summed E-state index contributed by atoms with van der Waals surface area (Å²) in [6, 6.07) is 2.44. The molecule has 2 fully saturated rings. The fraction of sp³-hybridized carbons (Fsp3) is 0.746. The van der Waals surface area contributed by atoms with Crippen molar-refractivity contribution in [3.8, 4) is 0 Å². The van der Waals surface area contributed by atoms with E-state index in [0.29, 0.717) is 63.8 Å². The Morgan fingerprint density at radius 3 is 2.06 bits per heavy atom. The van der Waals surface area contributed by atoms with Crippen LogP contribution in [0.1, 0.15) is 125 Å². The fourth-order valence-electron chi connectivity index (χ4n) is 11.5. The summed E-state index contributed by atoms with van der Waals surface area (Å²) in [6.07, 6.45) is 1.10. The number of hydrogen-bond donors (Lipinski definition) is 8. The van der Waals surface area contributed by atoms with Crippen LogP contribution in [0.4, 0.5) is 10.5 Å². The highest BCUT2D eigenvalue weighted by Crippen LogP contribution is 2.30. The topological polar surface area (TPSA) is 361 Å². The van der Waals surface area contributed by atoms with E-state index in [9.17, 15) is 53.8 Å². The second-order valence-corrected chi connectivity index (χ2v) is 23.7. The Balaban J connectivity index is 1.66. The van der Waals surface area contributed by atoms with Crippen LogP contribution in [0.5, 0.6) is 0 Å². The van der Waals surface area contributed by atoms with Crippen molar-refractivity contribution in [2.45, 2.75) is 181 Å². The standard InChI is InChI=1S/C59H100N14O13/c1-14-37(6)52(71(11)57(80)50(35(2)3)68-56(79)51(36(4)5)70(9)10)46(84-12)32-49(76)73-28-16-18-45(73)53(85-13)38(7)54(77)67-43(33-64-69-61)31-40-19-21-42(22-20-40)66-55(78)44(17-15-27-62-59(60)83)63-34-86-39(8)65-47(74)23-24-48(75)72-29-25-41(26-30-72)58(81)82/h19-22,35-39,41,43-46,50-53,63H,14-18,23-34H2,1-13H3,(H,65,74)(H,66,78)(H,67,77)(H,68,79)(H,81,82)(H3,60,62,83)/t37-,38+,39?,43-,44-,45-,46+,50-,51-,52-,53+/m0/s1. The average Bonchev–Trinajstić information content (AvgIpc) is 3.73. The number of amides is 9. The largest absolute Gasteiger partial charge is 0.481 e. The van der Waals surface area contributed by atoms with Crippen LogP contribution in [-0.4, -0.2) is 208 Å². The van der Waals surface area contributed by atoms with E-state index >= 15 is 0 Å². The van der Waals surface area contributed by atoms with Gasteiger partial charge in [-0.2, -0.15) is 0 Å². The highest BCUT2D eigenvalue weighted by atomic mass is 16.5. The summed E-state index contributed by atoms with van der Waals surface area (Å²) in [6.45, 7) is 16.1. The minimum atomic E-state index is -0.879. The van der Waals surface area contributed by atoms with Crippen molar-refractivity contribution in [3.63, 3.8) is 0 Å². The zero-order valence-corrected chi connectivity index (χ0v) is 53.0. The number of likely N-dealkylation sites (N-methyl/N-ethyl adjacent to an activating group) is 2. The van der Waals surface area contributed by atoms with Gasteiger partial charge in [0.25, 0.3) is 0 Å². The number of ether oxygens (including phenoxy) is 3. The molecule has 9 amide bonds. The third-order valence-corrected chi connectivity index (χ3v) is 16.4. The van der Waals surface area contributed by atoms with Crippen molar-refractivity contribution in [3.05, 3.63) is 40.3 Å². The van der Waals surface area contributed by atoms with Gasteiger partial charge in [0.2, 0.25) is 41.4 Å². The highest BCUT2D eigenvalue weighted by Gasteiger charge is 2.43. The first-order chi connectivity index (χ1) is 40.7. The van der Waals surface area contributed by atoms with Gasteiger partial charge >= 0.3 is 12.0 Å². The zero-order chi connectivity index (χ0) is 64.4. The number of carbonyl (C=O) groups is 9. The van der Waals surface area contributed by atoms with E-state index in [1.807, 2.05) is 60.5 Å². The van der Waals surface area contributed by atoms with Crippen molar-refractivity contribution in [2.24, 2.45) is 40.4 Å². The summed E-state index contributed by atoms with van der Waals surface area (Å²) in [5.74, 6) is -4.66. The number of urea groups is 1. The van der Waals surface area contributed by atoms with Gasteiger partial charge in [0.1, 0.15) is 12.3 Å². The van der Waals surface area contributed by atoms with Gasteiger partial charge in [-0.25, -0.2) is 4.79 Å². The molecular weight excluding hydrogens is 1110 g/mol. The number of rotatable bonds is 37. The summed E-state index contributed by atoms with van der Waals surface area (Å²) in [4.78, 5) is 128. The molecule has 0 aromatic heterocycles. The minimum Gasteiger partial charge on any atom is -0.481 e. The van der Waals surface area contributed by atoms with E-state index in [2.05, 4.69) is 41.9 Å². The quantitative estimate of drug-likeness (QED) is 0.0155. The summed E-state index contributed by atoms with van der Waals surface area (Å²) >= 11 is 0. The van der Waals surface area contributed by atoms with E-state index in [4.69, 9.17) is 19.9 Å². The number of piperidine rings is 1. The number of carboxylic acids is 1. The molecular formula is C59H100N14O13. The van der Waals surface area contributed by atoms with E-state index in [1.165, 1.54) is 14.2 Å². The van der Waals surface area contributed by atoms with Crippen LogP contribution in [0.3, 0.4) is 0 Å². The molecule has 2 aliphatic rings. The number of benzene rings is 1. The first-order valence-corrected chi connectivity index (χ1v) is 30.2. The number of primary amides is 1. The van der Waals surface area contributed by atoms with Crippen LogP contribution in [0.2, 0.25) is 0 Å². The monoisotopic (exact) mass is 1210 g/mol. The number of carboxylic acid groups (broad SMARTS) is 1. The summed E-state index contributed by atoms with van der Waals surface area (Å²) in [5, 5.41) is 30.2. The number of anilines is 1. The van der Waals surface area contributed by atoms with Gasteiger partial charge in [-0.3, -0.25) is 48.6 Å². The third kappa shape index (κ3) is 23.2. The number of hydrogen-bond acceptors (Lipinski definition) is 15. The van der Waals surface area contributed by atoms with Gasteiger partial charge in [0.15, 0.2) is 0 Å². The number of carbonyl (C=O) groups excluding carboxylic acids is 8. The number of likely N-dealkylation sites (tertiary alicyclic amines) is 2. The van der Waals surface area contributed by atoms with E-state index in [1.54, 1.807) is 59.9 Å². The molecule has 2 aliphatic heterocycles. The molecule has 0 bridgehead atoms. The molecule has 2 heterocycles. The van der Waals surface area contributed by atoms with Gasteiger partial charge < -0.3 is 66.3 Å². The third-order valence-electron chi connectivity index (χ3n) is 16.4. The van der Waals surface area contributed by atoms with Gasteiger partial charge in [-0.15, -0.1) is 0 Å². The average molecular weight is 1210 g/mol. The number of nitrogens with zero attached hydrogens (tertiary/aromatic N) is 7. The minimum absolute atomic E-state index is 0.000787. The lowest BCUT2D eigenvalue weighted by Gasteiger charge is -2.41. The molecule has 3 rings (SSSR count). The molecule has 27 nitrogen and oxygen atoms in total. The lowest BCUT2D eigenvalue weighted by molar-refractivity contribution is -0.148. The maximum atomic E-state index is 14.5. The van der Waals surface area contributed by atoms with Crippen molar-refractivity contribution in [2.75, 3.05) is 80.1 Å². The molecule has 0 radical (unpaired) electrons. The van der Waals surface area contributed by atoms with E-state index < -0.39 is 90.3 Å². The Labute approximate surface area is 507 Å². The number of nitrogens with two attached hydrogens (primary N) is 1. The normalized spacial score (nSPS) is 18.1. The Kier molecular flexibility index (Phi) is 31.8. The fourth-order valence-corrected chi connectivity index (χ4v) is 11.5. The summed E-state index contributed by atoms with van der Waals surface area (Å²) in [5.41, 5.74) is 15.7. The summed E-state index contributed by atoms with van der Waals surface area (Å²) in [7, 11) is 8.39. The molecule has 2 saturated heterocycles. The molecule has 1 unspecified atom stereocenters. The Morgan fingerprint density at radius 2 is 1.50 bits per heavy atom. The van der Waals surface area contributed by atoms with Crippen LogP contribution in [0.15, 0.2) is 29.4 Å². The summed E-state index contributed by atoms with van der Waals surface area (Å²) < 4.78 is 17.8. The van der Waals surface area contributed by atoms with Crippen LogP contribution in [-0.2, 0) is 59.0 Å². The molecule has 86 heavy (non-hydrogen) atoms. The van der Waals surface area contributed by atoms with Crippen LogP contribution < -0.4 is 37.6 Å². The molecule has 0 aliphatic carbocycles. The van der Waals surface area contributed by atoms with Crippen molar-refractivity contribution >= 4 is 59.0 Å². The molecule has 9 N–H and O–H groups in total. The second-order valence-electron chi connectivity index (χ2n) is 23.7. The molecule has 1 aromatic rings. The first-order valence-electron chi connectivity index (χ1n) is 30.2. The number of nitrogens with one attached hydrogen (secondary N) is 6. The number of aliphatic carboxylic acids is 1. The van der Waals surface area contributed by atoms with Gasteiger partial charge in [-0.05, 0) is 107 Å². The molecule has 484 valence electrons. The SMILES string of the molecule is CC[C@H](C)[C@@H]([C@@H](CC(=O)N1CCC[C@H]1[C@H](OC)[C@@H](C)C(=O)N[C@H](CN=[N+]=[N-])Cc1ccc(NC(=O)[C@H](CCCNC(N)=O)NCOC(C)NC(=O)CCC(=O)N2CCC(C(=O)O)CC2)cc1)OC)N(C)C(=O)[C@@H](NC(=O)[C@H](C(C)C)N(C)C)C(C)C. The molecule has 0 spiro atoms. The molecule has 27 heteroatoms. The van der Waals surface area contributed by atoms with E-state index in [0.717, 1.165) is 5.56 Å². The Hall–Kier alpha value is -6.64. The van der Waals surface area contributed by atoms with Crippen molar-refractivity contribution in [1.82, 2.24) is 46.2 Å². The predicted molar refractivity (Wildman–Crippen MR) is 323 cm³/mol. The van der Waals surface area contributed by atoms with E-state index in [-0.39, 0.29) is 99.2 Å².